The number of aromatic nitrogens is 1. The molecule has 7 nitrogen and oxygen atoms in total. The van der Waals surface area contributed by atoms with E-state index in [1.165, 1.54) is 0 Å². The average Bonchev–Trinajstić information content (AvgIpc) is 2.80. The second-order valence-corrected chi connectivity index (χ2v) is 8.65. The smallest absolute Gasteiger partial charge is 0.259 e. The molecule has 1 aliphatic heterocycles. The second-order valence-electron chi connectivity index (χ2n) is 8.65. The molecule has 1 amide bonds. The number of likely N-dealkylation sites (N-methyl/N-ethyl adjacent to an activating group) is 1. The number of fused-ring (bicyclic) bond motifs is 1. The van der Waals surface area contributed by atoms with E-state index in [1.54, 1.807) is 29.3 Å². The highest BCUT2D eigenvalue weighted by Crippen LogP contribution is 2.30. The third kappa shape index (κ3) is 5.26. The van der Waals surface area contributed by atoms with Gasteiger partial charge in [-0.15, -0.1) is 0 Å². The van der Waals surface area contributed by atoms with Crippen LogP contribution in [0.15, 0.2) is 36.5 Å². The van der Waals surface area contributed by atoms with E-state index >= 15 is 0 Å². The topological polar surface area (TPSA) is 89.7 Å². The number of amides is 1. The summed E-state index contributed by atoms with van der Waals surface area (Å²) in [5.74, 6) is 0.167. The van der Waals surface area contributed by atoms with Gasteiger partial charge in [0.05, 0.1) is 24.3 Å². The molecule has 170 valence electrons. The predicted molar refractivity (Wildman–Crippen MR) is 123 cm³/mol. The zero-order chi connectivity index (χ0) is 23.3. The number of nitrogens with zero attached hydrogens (tertiary/aromatic N) is 4. The van der Waals surface area contributed by atoms with Gasteiger partial charge in [-0.3, -0.25) is 4.79 Å². The maximum Gasteiger partial charge on any atom is 0.259 e. The summed E-state index contributed by atoms with van der Waals surface area (Å²) in [6, 6.07) is 10.8. The summed E-state index contributed by atoms with van der Waals surface area (Å²) < 4.78 is 6.32. The molecule has 3 rings (SSSR count). The van der Waals surface area contributed by atoms with Gasteiger partial charge < -0.3 is 19.6 Å². The van der Waals surface area contributed by atoms with Crippen molar-refractivity contribution in [2.24, 2.45) is 5.92 Å². The zero-order valence-corrected chi connectivity index (χ0v) is 19.3. The molecule has 0 saturated heterocycles. The van der Waals surface area contributed by atoms with Crippen LogP contribution in [0.4, 0.5) is 0 Å². The van der Waals surface area contributed by atoms with E-state index in [1.807, 2.05) is 19.1 Å². The summed E-state index contributed by atoms with van der Waals surface area (Å²) in [5.41, 5.74) is 2.46. The Balaban J connectivity index is 2.04. The van der Waals surface area contributed by atoms with Crippen LogP contribution in [-0.4, -0.2) is 71.2 Å². The Morgan fingerprint density at radius 1 is 1.38 bits per heavy atom. The summed E-state index contributed by atoms with van der Waals surface area (Å²) in [6.07, 6.45) is 2.58. The summed E-state index contributed by atoms with van der Waals surface area (Å²) in [4.78, 5) is 22.0. The van der Waals surface area contributed by atoms with E-state index in [4.69, 9.17) is 4.74 Å². The first kappa shape index (κ1) is 23.7. The fourth-order valence-corrected chi connectivity index (χ4v) is 4.03. The molecule has 32 heavy (non-hydrogen) atoms. The molecule has 1 N–H and O–H groups in total. The molecule has 7 heteroatoms. The SMILES string of the molecule is CCCN(C)C[C@@H]1Oc2ncc(-c3cccc(C#N)c3)cc2C(=O)N([C@H](C)CO)C[C@H]1C. The van der Waals surface area contributed by atoms with Gasteiger partial charge in [-0.1, -0.05) is 26.0 Å². The van der Waals surface area contributed by atoms with Gasteiger partial charge in [0.15, 0.2) is 0 Å². The molecule has 0 unspecified atom stereocenters. The fraction of sp³-hybridized carbons (Fsp3) is 0.480. The number of aliphatic hydroxyl groups excluding tert-OH is 1. The van der Waals surface area contributed by atoms with Crippen LogP contribution < -0.4 is 4.74 Å². The quantitative estimate of drug-likeness (QED) is 0.717. The minimum Gasteiger partial charge on any atom is -0.472 e. The van der Waals surface area contributed by atoms with Crippen LogP contribution in [0, 0.1) is 17.2 Å². The number of carbonyl (C=O) groups excluding carboxylic acids is 1. The number of carbonyl (C=O) groups is 1. The van der Waals surface area contributed by atoms with Gasteiger partial charge >= 0.3 is 0 Å². The first-order valence-electron chi connectivity index (χ1n) is 11.2. The minimum absolute atomic E-state index is 0.0641. The van der Waals surface area contributed by atoms with Crippen molar-refractivity contribution in [3.8, 4) is 23.1 Å². The van der Waals surface area contributed by atoms with Crippen molar-refractivity contribution in [3.05, 3.63) is 47.7 Å². The van der Waals surface area contributed by atoms with Crippen LogP contribution in [0.2, 0.25) is 0 Å². The van der Waals surface area contributed by atoms with Crippen LogP contribution >= 0.6 is 0 Å². The number of benzene rings is 1. The summed E-state index contributed by atoms with van der Waals surface area (Å²) in [7, 11) is 2.07. The second kappa shape index (κ2) is 10.6. The van der Waals surface area contributed by atoms with E-state index in [-0.39, 0.29) is 30.6 Å². The molecule has 0 fully saturated rings. The predicted octanol–water partition coefficient (Wildman–Crippen LogP) is 3.18. The van der Waals surface area contributed by atoms with Gasteiger partial charge in [-0.05, 0) is 50.7 Å². The zero-order valence-electron chi connectivity index (χ0n) is 19.3. The maximum atomic E-state index is 13.5. The normalized spacial score (nSPS) is 19.5. The average molecular weight is 437 g/mol. The lowest BCUT2D eigenvalue weighted by Crippen LogP contribution is -2.50. The molecule has 3 atom stereocenters. The first-order chi connectivity index (χ1) is 15.4. The van der Waals surface area contributed by atoms with E-state index < -0.39 is 0 Å². The Labute approximate surface area is 190 Å². The summed E-state index contributed by atoms with van der Waals surface area (Å²) in [5, 5.41) is 19.0. The Kier molecular flexibility index (Phi) is 7.84. The highest BCUT2D eigenvalue weighted by atomic mass is 16.5. The summed E-state index contributed by atoms with van der Waals surface area (Å²) in [6.45, 7) is 8.10. The molecule has 1 aromatic carbocycles. The van der Waals surface area contributed by atoms with Gasteiger partial charge in [0.1, 0.15) is 11.7 Å². The number of hydrogen-bond donors (Lipinski definition) is 1. The monoisotopic (exact) mass is 436 g/mol. The third-order valence-electron chi connectivity index (χ3n) is 5.94. The minimum atomic E-state index is -0.324. The van der Waals surface area contributed by atoms with Crippen molar-refractivity contribution in [2.75, 3.05) is 33.3 Å². The van der Waals surface area contributed by atoms with Crippen molar-refractivity contribution in [3.63, 3.8) is 0 Å². The number of aliphatic hydroxyl groups is 1. The summed E-state index contributed by atoms with van der Waals surface area (Å²) >= 11 is 0. The number of hydrogen-bond acceptors (Lipinski definition) is 6. The molecular formula is C25H32N4O3. The molecule has 0 radical (unpaired) electrons. The largest absolute Gasteiger partial charge is 0.472 e. The molecule has 0 saturated carbocycles. The van der Waals surface area contributed by atoms with Gasteiger partial charge in [0.25, 0.3) is 5.91 Å². The molecule has 1 aromatic heterocycles. The molecule has 0 aliphatic carbocycles. The highest BCUT2D eigenvalue weighted by Gasteiger charge is 2.34. The molecule has 0 spiro atoms. The first-order valence-corrected chi connectivity index (χ1v) is 11.2. The van der Waals surface area contributed by atoms with Crippen molar-refractivity contribution >= 4 is 5.91 Å². The van der Waals surface area contributed by atoms with Crippen LogP contribution in [-0.2, 0) is 0 Å². The van der Waals surface area contributed by atoms with Crippen LogP contribution in [0.1, 0.15) is 43.1 Å². The van der Waals surface area contributed by atoms with E-state index in [0.29, 0.717) is 23.6 Å². The van der Waals surface area contributed by atoms with E-state index in [0.717, 1.165) is 30.6 Å². The number of pyridine rings is 1. The van der Waals surface area contributed by atoms with Crippen LogP contribution in [0.5, 0.6) is 5.88 Å². The maximum absolute atomic E-state index is 13.5. The Morgan fingerprint density at radius 3 is 2.84 bits per heavy atom. The van der Waals surface area contributed by atoms with Crippen molar-refractivity contribution in [1.29, 1.82) is 5.26 Å². The lowest BCUT2D eigenvalue weighted by Gasteiger charge is -2.37. The van der Waals surface area contributed by atoms with Gasteiger partial charge in [-0.25, -0.2) is 4.98 Å². The molecule has 2 aromatic rings. The number of rotatable bonds is 7. The van der Waals surface area contributed by atoms with Crippen molar-refractivity contribution < 1.29 is 14.6 Å². The van der Waals surface area contributed by atoms with E-state index in [9.17, 15) is 15.2 Å². The standard InChI is InChI=1S/C25H32N4O3/c1-5-9-28(4)15-23-17(2)14-29(18(3)16-30)25(31)22-11-21(13-27-24(22)32-23)20-8-6-7-19(10-20)12-26/h6-8,10-11,13,17-18,23,30H,5,9,14-16H2,1-4H3/t17-,18-,23+/m1/s1. The number of nitriles is 1. The lowest BCUT2D eigenvalue weighted by atomic mass is 9.98. The molecule has 0 bridgehead atoms. The Bertz CT molecular complexity index is 987. The Hall–Kier alpha value is -2.95. The van der Waals surface area contributed by atoms with E-state index in [2.05, 4.69) is 36.8 Å². The van der Waals surface area contributed by atoms with Crippen molar-refractivity contribution in [2.45, 2.75) is 39.3 Å². The molecule has 1 aliphatic rings. The Morgan fingerprint density at radius 2 is 2.16 bits per heavy atom. The van der Waals surface area contributed by atoms with Gasteiger partial charge in [0, 0.05) is 30.8 Å². The van der Waals surface area contributed by atoms with Crippen LogP contribution in [0.25, 0.3) is 11.1 Å². The lowest BCUT2D eigenvalue weighted by molar-refractivity contribution is 0.0331. The van der Waals surface area contributed by atoms with Gasteiger partial charge in [0.2, 0.25) is 5.88 Å². The molecular weight excluding hydrogens is 404 g/mol. The number of ether oxygens (including phenoxy) is 1. The highest BCUT2D eigenvalue weighted by molar-refractivity contribution is 5.98. The van der Waals surface area contributed by atoms with Crippen LogP contribution in [0.3, 0.4) is 0 Å². The third-order valence-corrected chi connectivity index (χ3v) is 5.94. The fourth-order valence-electron chi connectivity index (χ4n) is 4.03. The van der Waals surface area contributed by atoms with Crippen molar-refractivity contribution in [1.82, 2.24) is 14.8 Å². The molecule has 2 heterocycles. The van der Waals surface area contributed by atoms with Gasteiger partial charge in [-0.2, -0.15) is 5.26 Å².